The number of nitrogens with one attached hydrogen (secondary N) is 1. The van der Waals surface area contributed by atoms with Crippen LogP contribution in [0.3, 0.4) is 0 Å². The van der Waals surface area contributed by atoms with Crippen LogP contribution in [0.15, 0.2) is 10.3 Å². The first-order valence-corrected chi connectivity index (χ1v) is 9.27. The third kappa shape index (κ3) is 2.57. The SMILES string of the molecule is CCc1cc(-c2sc(SC)c3c2CC(C)(C)CC3=O)n[nH]1. The lowest BCUT2D eigenvalue weighted by Gasteiger charge is -2.29. The van der Waals surface area contributed by atoms with Gasteiger partial charge in [-0.25, -0.2) is 0 Å². The molecule has 1 aliphatic rings. The van der Waals surface area contributed by atoms with Crippen LogP contribution in [-0.4, -0.2) is 22.2 Å². The van der Waals surface area contributed by atoms with Gasteiger partial charge in [-0.15, -0.1) is 23.1 Å². The Morgan fingerprint density at radius 2 is 2.19 bits per heavy atom. The van der Waals surface area contributed by atoms with Crippen molar-refractivity contribution in [3.05, 3.63) is 22.9 Å². The summed E-state index contributed by atoms with van der Waals surface area (Å²) in [6.07, 6.45) is 4.59. The lowest BCUT2D eigenvalue weighted by Crippen LogP contribution is -2.26. The summed E-state index contributed by atoms with van der Waals surface area (Å²) >= 11 is 3.39. The van der Waals surface area contributed by atoms with E-state index >= 15 is 0 Å². The summed E-state index contributed by atoms with van der Waals surface area (Å²) in [5.74, 6) is 0.291. The van der Waals surface area contributed by atoms with Gasteiger partial charge in [0.2, 0.25) is 0 Å². The zero-order valence-corrected chi connectivity index (χ0v) is 14.5. The molecule has 2 aromatic rings. The topological polar surface area (TPSA) is 45.8 Å². The van der Waals surface area contributed by atoms with E-state index in [4.69, 9.17) is 0 Å². The Hall–Kier alpha value is -1.07. The molecule has 2 heterocycles. The molecule has 2 aromatic heterocycles. The fourth-order valence-electron chi connectivity index (χ4n) is 2.97. The number of thiophene rings is 1. The molecular formula is C16H20N2OS2. The molecule has 21 heavy (non-hydrogen) atoms. The van der Waals surface area contributed by atoms with Crippen molar-refractivity contribution in [1.82, 2.24) is 10.2 Å². The number of aryl methyl sites for hydroxylation is 1. The van der Waals surface area contributed by atoms with Crippen LogP contribution in [-0.2, 0) is 12.8 Å². The highest BCUT2D eigenvalue weighted by atomic mass is 32.2. The van der Waals surface area contributed by atoms with Crippen molar-refractivity contribution >= 4 is 28.9 Å². The molecule has 0 saturated carbocycles. The average molecular weight is 320 g/mol. The van der Waals surface area contributed by atoms with Gasteiger partial charge in [-0.1, -0.05) is 20.8 Å². The molecule has 3 nitrogen and oxygen atoms in total. The van der Waals surface area contributed by atoms with E-state index in [0.29, 0.717) is 12.2 Å². The van der Waals surface area contributed by atoms with Crippen LogP contribution < -0.4 is 0 Å². The van der Waals surface area contributed by atoms with Crippen molar-refractivity contribution in [2.45, 2.75) is 44.2 Å². The highest BCUT2D eigenvalue weighted by Gasteiger charge is 2.36. The van der Waals surface area contributed by atoms with E-state index in [9.17, 15) is 4.79 Å². The summed E-state index contributed by atoms with van der Waals surface area (Å²) < 4.78 is 1.14. The third-order valence-corrected chi connectivity index (χ3v) is 6.35. The minimum absolute atomic E-state index is 0.0411. The summed E-state index contributed by atoms with van der Waals surface area (Å²) in [7, 11) is 0. The second-order valence-corrected chi connectivity index (χ2v) is 8.44. The molecule has 0 radical (unpaired) electrons. The van der Waals surface area contributed by atoms with E-state index in [1.807, 2.05) is 6.26 Å². The number of aromatic nitrogens is 2. The molecule has 0 unspecified atom stereocenters. The Kier molecular flexibility index (Phi) is 3.74. The number of hydrogen-bond acceptors (Lipinski definition) is 4. The maximum absolute atomic E-state index is 12.6. The molecule has 0 bridgehead atoms. The Morgan fingerprint density at radius 3 is 2.81 bits per heavy atom. The lowest BCUT2D eigenvalue weighted by atomic mass is 9.74. The zero-order chi connectivity index (χ0) is 15.2. The molecule has 0 fully saturated rings. The molecular weight excluding hydrogens is 300 g/mol. The van der Waals surface area contributed by atoms with Crippen LogP contribution in [0.5, 0.6) is 0 Å². The van der Waals surface area contributed by atoms with Gasteiger partial charge in [0.05, 0.1) is 9.09 Å². The van der Waals surface area contributed by atoms with Gasteiger partial charge in [0.15, 0.2) is 5.78 Å². The molecule has 3 rings (SSSR count). The van der Waals surface area contributed by atoms with Gasteiger partial charge in [0.1, 0.15) is 5.69 Å². The first-order valence-electron chi connectivity index (χ1n) is 7.22. The van der Waals surface area contributed by atoms with E-state index < -0.39 is 0 Å². The number of carbonyl (C=O) groups excluding carboxylic acids is 1. The van der Waals surface area contributed by atoms with Crippen molar-refractivity contribution in [3.63, 3.8) is 0 Å². The van der Waals surface area contributed by atoms with Gasteiger partial charge < -0.3 is 0 Å². The fourth-order valence-corrected chi connectivity index (χ4v) is 5.02. The minimum atomic E-state index is 0.0411. The molecule has 0 aromatic carbocycles. The molecule has 1 N–H and O–H groups in total. The summed E-state index contributed by atoms with van der Waals surface area (Å²) in [5, 5.41) is 7.54. The number of thioether (sulfide) groups is 1. The van der Waals surface area contributed by atoms with Crippen LogP contribution in [0.4, 0.5) is 0 Å². The molecule has 112 valence electrons. The second-order valence-electron chi connectivity index (χ2n) is 6.35. The third-order valence-electron chi connectivity index (χ3n) is 3.98. The number of nitrogens with zero attached hydrogens (tertiary/aromatic N) is 1. The smallest absolute Gasteiger partial charge is 0.165 e. The van der Waals surface area contributed by atoms with Gasteiger partial charge in [-0.3, -0.25) is 9.89 Å². The van der Waals surface area contributed by atoms with Crippen molar-refractivity contribution in [3.8, 4) is 10.6 Å². The van der Waals surface area contributed by atoms with Gasteiger partial charge >= 0.3 is 0 Å². The Morgan fingerprint density at radius 1 is 1.43 bits per heavy atom. The molecule has 0 amide bonds. The van der Waals surface area contributed by atoms with E-state index in [2.05, 4.69) is 37.0 Å². The minimum Gasteiger partial charge on any atom is -0.294 e. The van der Waals surface area contributed by atoms with Gasteiger partial charge in [0.25, 0.3) is 0 Å². The molecule has 0 atom stereocenters. The summed E-state index contributed by atoms with van der Waals surface area (Å²) in [6, 6.07) is 2.11. The van der Waals surface area contributed by atoms with Crippen molar-refractivity contribution in [1.29, 1.82) is 0 Å². The van der Waals surface area contributed by atoms with Gasteiger partial charge in [-0.2, -0.15) is 5.10 Å². The van der Waals surface area contributed by atoms with E-state index in [-0.39, 0.29) is 5.41 Å². The van der Waals surface area contributed by atoms with Crippen molar-refractivity contribution in [2.24, 2.45) is 5.41 Å². The molecule has 0 spiro atoms. The van der Waals surface area contributed by atoms with Crippen LogP contribution >= 0.6 is 23.1 Å². The number of rotatable bonds is 3. The molecule has 0 saturated heterocycles. The predicted octanol–water partition coefficient (Wildman–Crippen LogP) is 4.58. The largest absolute Gasteiger partial charge is 0.294 e. The standard InChI is InChI=1S/C16H20N2OS2/c1-5-9-6-11(18-17-9)14-10-7-16(2,3)8-12(19)13(10)15(20-4)21-14/h6H,5,7-8H2,1-4H3,(H,17,18). The maximum atomic E-state index is 12.6. The summed E-state index contributed by atoms with van der Waals surface area (Å²) in [4.78, 5) is 13.7. The van der Waals surface area contributed by atoms with Crippen molar-refractivity contribution < 1.29 is 4.79 Å². The number of ketones is 1. The van der Waals surface area contributed by atoms with Gasteiger partial charge in [-0.05, 0) is 36.1 Å². The highest BCUT2D eigenvalue weighted by Crippen LogP contribution is 2.47. The Balaban J connectivity index is 2.16. The molecule has 5 heteroatoms. The van der Waals surface area contributed by atoms with Crippen LogP contribution in [0, 0.1) is 5.41 Å². The Labute approximate surface area is 133 Å². The number of Topliss-reactive ketones (excluding diaryl/α,β-unsaturated/α-hetero) is 1. The summed E-state index contributed by atoms with van der Waals surface area (Å²) in [6.45, 7) is 6.47. The van der Waals surface area contributed by atoms with E-state index in [1.54, 1.807) is 23.1 Å². The van der Waals surface area contributed by atoms with Gasteiger partial charge in [0, 0.05) is 17.7 Å². The number of hydrogen-bond donors (Lipinski definition) is 1. The van der Waals surface area contributed by atoms with Crippen molar-refractivity contribution in [2.75, 3.05) is 6.26 Å². The zero-order valence-electron chi connectivity index (χ0n) is 12.9. The first-order chi connectivity index (χ1) is 9.95. The predicted molar refractivity (Wildman–Crippen MR) is 89.5 cm³/mol. The summed E-state index contributed by atoms with van der Waals surface area (Å²) in [5.41, 5.74) is 4.33. The normalized spacial score (nSPS) is 17.0. The van der Waals surface area contributed by atoms with Crippen LogP contribution in [0.1, 0.15) is 48.8 Å². The molecule has 0 aliphatic heterocycles. The quantitative estimate of drug-likeness (QED) is 0.842. The second kappa shape index (κ2) is 5.29. The molecule has 1 aliphatic carbocycles. The number of aromatic amines is 1. The Bertz CT molecular complexity index is 697. The average Bonchev–Trinajstić information content (AvgIpc) is 3.00. The number of H-pyrrole nitrogens is 1. The number of carbonyl (C=O) groups is 1. The monoisotopic (exact) mass is 320 g/mol. The van der Waals surface area contributed by atoms with E-state index in [0.717, 1.165) is 34.0 Å². The van der Waals surface area contributed by atoms with Crippen LogP contribution in [0.25, 0.3) is 10.6 Å². The first kappa shape index (κ1) is 14.9. The number of fused-ring (bicyclic) bond motifs is 1. The van der Waals surface area contributed by atoms with E-state index in [1.165, 1.54) is 10.4 Å². The van der Waals surface area contributed by atoms with Crippen LogP contribution in [0.2, 0.25) is 0 Å². The fraction of sp³-hybridized carbons (Fsp3) is 0.500. The highest BCUT2D eigenvalue weighted by molar-refractivity contribution is 8.00. The lowest BCUT2D eigenvalue weighted by molar-refractivity contribution is 0.0910. The maximum Gasteiger partial charge on any atom is 0.165 e.